The Bertz CT molecular complexity index is 246. The molecule has 0 bridgehead atoms. The lowest BCUT2D eigenvalue weighted by Gasteiger charge is -2.16. The fourth-order valence-corrected chi connectivity index (χ4v) is 1.71. The first-order valence-corrected chi connectivity index (χ1v) is 5.04. The van der Waals surface area contributed by atoms with Crippen LogP contribution in [-0.4, -0.2) is 5.78 Å². The van der Waals surface area contributed by atoms with Gasteiger partial charge in [-0.15, -0.1) is 0 Å². The average Bonchev–Trinajstić information content (AvgIpc) is 2.11. The Labute approximate surface area is 80.5 Å². The summed E-state index contributed by atoms with van der Waals surface area (Å²) in [5.41, 5.74) is 2.83. The molecular formula is C12H18O. The number of Topliss-reactive ketones (excluding diaryl/α,β-unsaturated/α-hetero) is 1. The van der Waals surface area contributed by atoms with Crippen LogP contribution in [0.5, 0.6) is 0 Å². The van der Waals surface area contributed by atoms with Crippen LogP contribution in [0.15, 0.2) is 23.3 Å². The Kier molecular flexibility index (Phi) is 3.94. The standard InChI is InChI=1S/C12H18O/c1-3-4-5-6-11-9-12(13)8-7-10(11)2/h3-4H,5-9H2,1-2H3/b4-3+. The molecule has 0 aromatic rings. The van der Waals surface area contributed by atoms with E-state index in [0.717, 1.165) is 25.7 Å². The molecule has 1 rings (SSSR count). The van der Waals surface area contributed by atoms with Gasteiger partial charge >= 0.3 is 0 Å². The van der Waals surface area contributed by atoms with Gasteiger partial charge in [0.2, 0.25) is 0 Å². The lowest BCUT2D eigenvalue weighted by atomic mass is 9.89. The normalized spacial score (nSPS) is 18.8. The van der Waals surface area contributed by atoms with Gasteiger partial charge in [0.1, 0.15) is 5.78 Å². The zero-order valence-corrected chi connectivity index (χ0v) is 8.60. The van der Waals surface area contributed by atoms with E-state index in [1.807, 2.05) is 6.92 Å². The molecule has 0 aromatic carbocycles. The molecular weight excluding hydrogens is 160 g/mol. The van der Waals surface area contributed by atoms with E-state index >= 15 is 0 Å². The number of hydrogen-bond acceptors (Lipinski definition) is 1. The van der Waals surface area contributed by atoms with Gasteiger partial charge in [0, 0.05) is 12.8 Å². The third-order valence-electron chi connectivity index (χ3n) is 2.64. The molecule has 0 saturated heterocycles. The van der Waals surface area contributed by atoms with E-state index < -0.39 is 0 Å². The largest absolute Gasteiger partial charge is 0.299 e. The molecule has 0 N–H and O–H groups in total. The Morgan fingerprint density at radius 3 is 2.85 bits per heavy atom. The number of rotatable bonds is 3. The van der Waals surface area contributed by atoms with Crippen molar-refractivity contribution in [1.29, 1.82) is 0 Å². The van der Waals surface area contributed by atoms with Crippen LogP contribution in [0.4, 0.5) is 0 Å². The molecule has 1 nitrogen and oxygen atoms in total. The topological polar surface area (TPSA) is 17.1 Å². The summed E-state index contributed by atoms with van der Waals surface area (Å²) in [5, 5.41) is 0. The van der Waals surface area contributed by atoms with E-state index in [4.69, 9.17) is 0 Å². The molecule has 0 atom stereocenters. The van der Waals surface area contributed by atoms with Crippen LogP contribution < -0.4 is 0 Å². The summed E-state index contributed by atoms with van der Waals surface area (Å²) in [6.45, 7) is 4.20. The van der Waals surface area contributed by atoms with Gasteiger partial charge in [-0.05, 0) is 33.1 Å². The number of allylic oxidation sites excluding steroid dienone is 4. The van der Waals surface area contributed by atoms with Gasteiger partial charge < -0.3 is 0 Å². The lowest BCUT2D eigenvalue weighted by molar-refractivity contribution is -0.118. The Hall–Kier alpha value is -0.850. The van der Waals surface area contributed by atoms with Gasteiger partial charge in [-0.2, -0.15) is 0 Å². The highest BCUT2D eigenvalue weighted by Crippen LogP contribution is 2.25. The predicted molar refractivity (Wildman–Crippen MR) is 55.6 cm³/mol. The second kappa shape index (κ2) is 5.00. The molecule has 1 heteroatoms. The molecule has 0 fully saturated rings. The Morgan fingerprint density at radius 1 is 1.38 bits per heavy atom. The van der Waals surface area contributed by atoms with Crippen LogP contribution in [0.2, 0.25) is 0 Å². The molecule has 0 spiro atoms. The van der Waals surface area contributed by atoms with Crippen LogP contribution in [0.1, 0.15) is 46.0 Å². The second-order valence-corrected chi connectivity index (χ2v) is 3.71. The van der Waals surface area contributed by atoms with E-state index in [-0.39, 0.29) is 0 Å². The van der Waals surface area contributed by atoms with E-state index in [1.54, 1.807) is 0 Å². The van der Waals surface area contributed by atoms with Gasteiger partial charge in [0.25, 0.3) is 0 Å². The maximum Gasteiger partial charge on any atom is 0.137 e. The van der Waals surface area contributed by atoms with Crippen molar-refractivity contribution in [2.24, 2.45) is 0 Å². The van der Waals surface area contributed by atoms with Gasteiger partial charge in [-0.25, -0.2) is 0 Å². The van der Waals surface area contributed by atoms with Crippen molar-refractivity contribution >= 4 is 5.78 Å². The molecule has 0 unspecified atom stereocenters. The zero-order valence-electron chi connectivity index (χ0n) is 8.60. The summed E-state index contributed by atoms with van der Waals surface area (Å²) < 4.78 is 0. The molecule has 0 radical (unpaired) electrons. The summed E-state index contributed by atoms with van der Waals surface area (Å²) in [6.07, 6.45) is 8.85. The summed E-state index contributed by atoms with van der Waals surface area (Å²) in [5.74, 6) is 0.418. The van der Waals surface area contributed by atoms with E-state index in [2.05, 4.69) is 19.1 Å². The maximum atomic E-state index is 11.2. The molecule has 0 aliphatic heterocycles. The van der Waals surface area contributed by atoms with Crippen molar-refractivity contribution in [2.75, 3.05) is 0 Å². The number of carbonyl (C=O) groups is 1. The SMILES string of the molecule is C/C=C/CCC1=C(C)CCC(=O)C1. The molecule has 0 amide bonds. The van der Waals surface area contributed by atoms with Crippen LogP contribution in [-0.2, 0) is 4.79 Å². The lowest BCUT2D eigenvalue weighted by Crippen LogP contribution is -2.08. The third-order valence-corrected chi connectivity index (χ3v) is 2.64. The summed E-state index contributed by atoms with van der Waals surface area (Å²) in [4.78, 5) is 11.2. The number of ketones is 1. The minimum Gasteiger partial charge on any atom is -0.299 e. The minimum atomic E-state index is 0.418. The second-order valence-electron chi connectivity index (χ2n) is 3.71. The smallest absolute Gasteiger partial charge is 0.137 e. The maximum absolute atomic E-state index is 11.2. The minimum absolute atomic E-state index is 0.418. The summed E-state index contributed by atoms with van der Waals surface area (Å²) in [6, 6.07) is 0. The fraction of sp³-hybridized carbons (Fsp3) is 0.583. The first kappa shape index (κ1) is 10.2. The van der Waals surface area contributed by atoms with Crippen LogP contribution in [0.3, 0.4) is 0 Å². The van der Waals surface area contributed by atoms with Crippen LogP contribution in [0.25, 0.3) is 0 Å². The van der Waals surface area contributed by atoms with Gasteiger partial charge in [0.05, 0.1) is 0 Å². The van der Waals surface area contributed by atoms with Crippen molar-refractivity contribution in [2.45, 2.75) is 46.0 Å². The van der Waals surface area contributed by atoms with Crippen molar-refractivity contribution in [1.82, 2.24) is 0 Å². The molecule has 13 heavy (non-hydrogen) atoms. The van der Waals surface area contributed by atoms with Crippen molar-refractivity contribution in [3.05, 3.63) is 23.3 Å². The van der Waals surface area contributed by atoms with E-state index in [0.29, 0.717) is 12.2 Å². The first-order valence-electron chi connectivity index (χ1n) is 5.04. The Balaban J connectivity index is 2.50. The first-order chi connectivity index (χ1) is 6.24. The molecule has 72 valence electrons. The van der Waals surface area contributed by atoms with Crippen molar-refractivity contribution in [3.63, 3.8) is 0 Å². The fourth-order valence-electron chi connectivity index (χ4n) is 1.71. The molecule has 0 aromatic heterocycles. The Morgan fingerprint density at radius 2 is 2.15 bits per heavy atom. The van der Waals surface area contributed by atoms with E-state index in [9.17, 15) is 4.79 Å². The molecule has 1 aliphatic carbocycles. The highest BCUT2D eigenvalue weighted by Gasteiger charge is 2.14. The van der Waals surface area contributed by atoms with Crippen molar-refractivity contribution in [3.8, 4) is 0 Å². The predicted octanol–water partition coefficient (Wildman–Crippen LogP) is 3.41. The van der Waals surface area contributed by atoms with Crippen LogP contribution in [0, 0.1) is 0 Å². The van der Waals surface area contributed by atoms with Gasteiger partial charge in [-0.1, -0.05) is 23.3 Å². The average molecular weight is 178 g/mol. The number of hydrogen-bond donors (Lipinski definition) is 0. The monoisotopic (exact) mass is 178 g/mol. The van der Waals surface area contributed by atoms with Crippen LogP contribution >= 0.6 is 0 Å². The molecule has 0 heterocycles. The van der Waals surface area contributed by atoms with Gasteiger partial charge in [-0.3, -0.25) is 4.79 Å². The highest BCUT2D eigenvalue weighted by atomic mass is 16.1. The van der Waals surface area contributed by atoms with Crippen molar-refractivity contribution < 1.29 is 4.79 Å². The summed E-state index contributed by atoms with van der Waals surface area (Å²) in [7, 11) is 0. The molecule has 0 saturated carbocycles. The van der Waals surface area contributed by atoms with Gasteiger partial charge in [0.15, 0.2) is 0 Å². The third kappa shape index (κ3) is 3.17. The summed E-state index contributed by atoms with van der Waals surface area (Å²) >= 11 is 0. The number of carbonyl (C=O) groups excluding carboxylic acids is 1. The van der Waals surface area contributed by atoms with E-state index in [1.165, 1.54) is 11.1 Å². The highest BCUT2D eigenvalue weighted by molar-refractivity contribution is 5.82. The quantitative estimate of drug-likeness (QED) is 0.605. The molecule has 1 aliphatic rings. The zero-order chi connectivity index (χ0) is 9.68.